The molecule has 0 bridgehead atoms. The molecule has 0 unspecified atom stereocenters. The topological polar surface area (TPSA) is 43.4 Å². The third kappa shape index (κ3) is 3.24. The Kier molecular flexibility index (Phi) is 3.95. The van der Waals surface area contributed by atoms with Crippen molar-refractivity contribution in [3.05, 3.63) is 54.6 Å². The van der Waals surface area contributed by atoms with E-state index in [-0.39, 0.29) is 10.5 Å². The van der Waals surface area contributed by atoms with Gasteiger partial charge in [0.25, 0.3) is 0 Å². The fraction of sp³-hybridized carbons (Fsp3) is 0.250. The number of benzene rings is 2. The zero-order valence-corrected chi connectivity index (χ0v) is 13.2. The second-order valence-electron chi connectivity index (χ2n) is 5.01. The Morgan fingerprint density at radius 3 is 2.19 bits per heavy atom. The Balaban J connectivity index is 1.77. The van der Waals surface area contributed by atoms with Gasteiger partial charge in [-0.2, -0.15) is 11.8 Å². The molecule has 0 amide bonds. The maximum atomic E-state index is 12.4. The van der Waals surface area contributed by atoms with Gasteiger partial charge in [0.15, 0.2) is 9.84 Å². The SMILES string of the molecule is C[C@H]([C@H]1CS1)S(=O)(=O)c1ccc(Oc2ccccc2)cc1. The fourth-order valence-corrected chi connectivity index (χ4v) is 4.97. The van der Waals surface area contributed by atoms with Crippen LogP contribution in [0.3, 0.4) is 0 Å². The number of hydrogen-bond donors (Lipinski definition) is 0. The third-order valence-electron chi connectivity index (χ3n) is 3.50. The van der Waals surface area contributed by atoms with Gasteiger partial charge in [-0.05, 0) is 43.3 Å². The van der Waals surface area contributed by atoms with Crippen molar-refractivity contribution in [3.63, 3.8) is 0 Å². The van der Waals surface area contributed by atoms with Crippen molar-refractivity contribution in [1.29, 1.82) is 0 Å². The van der Waals surface area contributed by atoms with Gasteiger partial charge in [0, 0.05) is 11.0 Å². The van der Waals surface area contributed by atoms with Crippen molar-refractivity contribution in [2.45, 2.75) is 22.3 Å². The first-order valence-electron chi connectivity index (χ1n) is 6.76. The largest absolute Gasteiger partial charge is 0.457 e. The third-order valence-corrected chi connectivity index (χ3v) is 7.04. The molecule has 3 rings (SSSR count). The number of ether oxygens (including phenoxy) is 1. The summed E-state index contributed by atoms with van der Waals surface area (Å²) in [5.74, 6) is 2.31. The van der Waals surface area contributed by atoms with E-state index in [0.29, 0.717) is 10.6 Å². The summed E-state index contributed by atoms with van der Waals surface area (Å²) in [5, 5.41) is -0.0846. The lowest BCUT2D eigenvalue weighted by Gasteiger charge is -2.12. The molecule has 1 aliphatic rings. The van der Waals surface area contributed by atoms with Crippen molar-refractivity contribution in [2.75, 3.05) is 5.75 Å². The van der Waals surface area contributed by atoms with Crippen molar-refractivity contribution >= 4 is 21.6 Å². The Hall–Kier alpha value is -1.46. The number of para-hydroxylation sites is 1. The Bertz CT molecular complexity index is 705. The molecule has 0 radical (unpaired) electrons. The zero-order chi connectivity index (χ0) is 14.9. The average molecular weight is 320 g/mol. The first-order valence-corrected chi connectivity index (χ1v) is 9.35. The van der Waals surface area contributed by atoms with Crippen molar-refractivity contribution in [1.82, 2.24) is 0 Å². The highest BCUT2D eigenvalue weighted by Gasteiger charge is 2.38. The first kappa shape index (κ1) is 14.5. The van der Waals surface area contributed by atoms with Gasteiger partial charge < -0.3 is 4.74 Å². The quantitative estimate of drug-likeness (QED) is 0.787. The highest BCUT2D eigenvalue weighted by Crippen LogP contribution is 2.38. The van der Waals surface area contributed by atoms with E-state index < -0.39 is 9.84 Å². The lowest BCUT2D eigenvalue weighted by Crippen LogP contribution is -2.22. The molecule has 1 heterocycles. The van der Waals surface area contributed by atoms with E-state index in [1.807, 2.05) is 30.3 Å². The summed E-state index contributed by atoms with van der Waals surface area (Å²) in [6, 6.07) is 16.1. The molecule has 1 fully saturated rings. The van der Waals surface area contributed by atoms with E-state index in [1.54, 1.807) is 43.0 Å². The van der Waals surface area contributed by atoms with Crippen LogP contribution in [0.4, 0.5) is 0 Å². The smallest absolute Gasteiger partial charge is 0.182 e. The summed E-state index contributed by atoms with van der Waals surface area (Å²) < 4.78 is 30.5. The molecule has 2 aromatic rings. The van der Waals surface area contributed by atoms with Crippen LogP contribution in [0.5, 0.6) is 11.5 Å². The van der Waals surface area contributed by atoms with Crippen LogP contribution >= 0.6 is 11.8 Å². The molecule has 5 heteroatoms. The van der Waals surface area contributed by atoms with Crippen LogP contribution in [0.2, 0.25) is 0 Å². The normalized spacial score (nSPS) is 19.0. The first-order chi connectivity index (χ1) is 10.1. The summed E-state index contributed by atoms with van der Waals surface area (Å²) >= 11 is 1.70. The van der Waals surface area contributed by atoms with Gasteiger partial charge in [0.2, 0.25) is 0 Å². The maximum Gasteiger partial charge on any atom is 0.182 e. The van der Waals surface area contributed by atoms with Gasteiger partial charge in [-0.1, -0.05) is 18.2 Å². The minimum atomic E-state index is -3.24. The van der Waals surface area contributed by atoms with Crippen molar-refractivity contribution in [3.8, 4) is 11.5 Å². The monoisotopic (exact) mass is 320 g/mol. The van der Waals surface area contributed by atoms with Gasteiger partial charge >= 0.3 is 0 Å². The highest BCUT2D eigenvalue weighted by molar-refractivity contribution is 8.08. The lowest BCUT2D eigenvalue weighted by molar-refractivity contribution is 0.482. The molecule has 1 aliphatic heterocycles. The van der Waals surface area contributed by atoms with Crippen LogP contribution in [-0.4, -0.2) is 24.7 Å². The minimum Gasteiger partial charge on any atom is -0.457 e. The molecule has 0 saturated carbocycles. The predicted octanol–water partition coefficient (Wildman–Crippen LogP) is 3.76. The molecule has 21 heavy (non-hydrogen) atoms. The molecule has 0 aliphatic carbocycles. The summed E-state index contributed by atoms with van der Waals surface area (Å²) in [5.41, 5.74) is 0. The number of hydrogen-bond acceptors (Lipinski definition) is 4. The van der Waals surface area contributed by atoms with Gasteiger partial charge in [-0.15, -0.1) is 0 Å². The second kappa shape index (κ2) is 5.73. The average Bonchev–Trinajstić information content (AvgIpc) is 3.33. The van der Waals surface area contributed by atoms with Gasteiger partial charge in [0.05, 0.1) is 10.1 Å². The van der Waals surface area contributed by atoms with Crippen LogP contribution in [-0.2, 0) is 9.84 Å². The lowest BCUT2D eigenvalue weighted by atomic mass is 10.3. The van der Waals surface area contributed by atoms with Crippen LogP contribution < -0.4 is 4.74 Å². The van der Waals surface area contributed by atoms with E-state index in [9.17, 15) is 8.42 Å². The molecule has 0 aromatic heterocycles. The molecule has 0 spiro atoms. The van der Waals surface area contributed by atoms with Gasteiger partial charge in [-0.25, -0.2) is 8.42 Å². The molecule has 2 aromatic carbocycles. The molecular formula is C16H16O3S2. The molecule has 1 saturated heterocycles. The van der Waals surface area contributed by atoms with E-state index in [1.165, 1.54) is 0 Å². The molecule has 2 atom stereocenters. The minimum absolute atomic E-state index is 0.246. The van der Waals surface area contributed by atoms with E-state index in [4.69, 9.17) is 4.74 Å². The van der Waals surface area contributed by atoms with Crippen LogP contribution in [0.15, 0.2) is 59.5 Å². The molecule has 0 N–H and O–H groups in total. The molecular weight excluding hydrogens is 304 g/mol. The Labute approximate surface area is 129 Å². The predicted molar refractivity (Wildman–Crippen MR) is 85.9 cm³/mol. The number of thioether (sulfide) groups is 1. The zero-order valence-electron chi connectivity index (χ0n) is 11.6. The van der Waals surface area contributed by atoms with Gasteiger partial charge in [0.1, 0.15) is 11.5 Å². The number of sulfone groups is 1. The van der Waals surface area contributed by atoms with Crippen LogP contribution in [0.25, 0.3) is 0 Å². The van der Waals surface area contributed by atoms with Crippen molar-refractivity contribution < 1.29 is 13.2 Å². The van der Waals surface area contributed by atoms with E-state index in [2.05, 4.69) is 0 Å². The standard InChI is InChI=1S/C16H16O3S2/c1-12(16-11-20-16)21(17,18)15-9-7-14(8-10-15)19-13-5-3-2-4-6-13/h2-10,12,16H,11H2,1H3/t12-,16-/m1/s1. The molecule has 3 nitrogen and oxygen atoms in total. The molecule has 110 valence electrons. The fourth-order valence-electron chi connectivity index (χ4n) is 2.06. The summed E-state index contributed by atoms with van der Waals surface area (Å²) in [6.45, 7) is 1.79. The Morgan fingerprint density at radius 1 is 1.05 bits per heavy atom. The summed E-state index contributed by atoms with van der Waals surface area (Å²) in [7, 11) is -3.24. The van der Waals surface area contributed by atoms with Crippen LogP contribution in [0, 0.1) is 0 Å². The van der Waals surface area contributed by atoms with E-state index in [0.717, 1.165) is 11.5 Å². The van der Waals surface area contributed by atoms with Crippen molar-refractivity contribution in [2.24, 2.45) is 0 Å². The highest BCUT2D eigenvalue weighted by atomic mass is 32.2. The Morgan fingerprint density at radius 2 is 1.62 bits per heavy atom. The summed E-state index contributed by atoms with van der Waals surface area (Å²) in [4.78, 5) is 0.364. The maximum absolute atomic E-state index is 12.4. The van der Waals surface area contributed by atoms with E-state index >= 15 is 0 Å². The second-order valence-corrected chi connectivity index (χ2v) is 8.59. The van der Waals surface area contributed by atoms with Crippen LogP contribution in [0.1, 0.15) is 6.92 Å². The summed E-state index contributed by atoms with van der Waals surface area (Å²) in [6.07, 6.45) is 0. The number of rotatable bonds is 5. The van der Waals surface area contributed by atoms with Gasteiger partial charge in [-0.3, -0.25) is 0 Å².